The third-order valence-electron chi connectivity index (χ3n) is 14.0. The van der Waals surface area contributed by atoms with Gasteiger partial charge in [-0.3, -0.25) is 6.07 Å². The van der Waals surface area contributed by atoms with E-state index in [1.165, 1.54) is 0 Å². The summed E-state index contributed by atoms with van der Waals surface area (Å²) in [6, 6.07) is 90.0. The average Bonchev–Trinajstić information content (AvgIpc) is 3.70. The Labute approximate surface area is 507 Å². The summed E-state index contributed by atoms with van der Waals surface area (Å²) in [5.74, 6) is 2.72. The molecule has 0 radical (unpaired) electrons. The zero-order valence-electron chi connectivity index (χ0n) is 43.8. The van der Waals surface area contributed by atoms with Gasteiger partial charge in [0.1, 0.15) is 0 Å². The van der Waals surface area contributed by atoms with Gasteiger partial charge in [0.25, 0.3) is 0 Å². The van der Waals surface area contributed by atoms with Crippen molar-refractivity contribution in [1.82, 2.24) is 39.9 Å². The molecule has 0 aliphatic rings. The Morgan fingerprint density at radius 2 is 0.819 bits per heavy atom. The number of pyridine rings is 3. The maximum absolute atomic E-state index is 6.82. The van der Waals surface area contributed by atoms with Crippen LogP contribution in [0.25, 0.3) is 134 Å². The third-order valence-corrected chi connectivity index (χ3v) is 14.0. The van der Waals surface area contributed by atoms with Crippen molar-refractivity contribution in [2.75, 3.05) is 0 Å². The molecule has 0 saturated heterocycles. The largest absolute Gasteiger partial charge is 3.00 e. The van der Waals surface area contributed by atoms with Crippen molar-refractivity contribution in [2.24, 2.45) is 0 Å². The fraction of sp³-hybridized carbons (Fsp3) is 0. The summed E-state index contributed by atoms with van der Waals surface area (Å²) >= 11 is 0. The Hall–Kier alpha value is -9.82. The molecule has 0 bridgehead atoms. The van der Waals surface area contributed by atoms with Crippen LogP contribution in [-0.4, -0.2) is 39.9 Å². The molecule has 0 aliphatic carbocycles. The fourth-order valence-electron chi connectivity index (χ4n) is 10.0. The molecule has 5 heterocycles. The number of aromatic nitrogens is 8. The van der Waals surface area contributed by atoms with Gasteiger partial charge in [0, 0.05) is 53.4 Å². The van der Waals surface area contributed by atoms with E-state index in [1.54, 1.807) is 24.7 Å². The molecular weight excluding hydrogens is 1380 g/mol. The molecule has 83 heavy (non-hydrogen) atoms. The van der Waals surface area contributed by atoms with Gasteiger partial charge in [-0.1, -0.05) is 168 Å². The van der Waals surface area contributed by atoms with E-state index in [4.69, 9.17) is 29.7 Å². The summed E-state index contributed by atoms with van der Waals surface area (Å²) in [5, 5.41) is 4.41. The van der Waals surface area contributed by atoms with E-state index in [-0.39, 0.29) is 41.2 Å². The van der Waals surface area contributed by atoms with E-state index in [0.29, 0.717) is 45.9 Å². The Bertz CT molecular complexity index is 4440. The number of hydrogen-bond acceptors (Lipinski definition) is 9. The summed E-state index contributed by atoms with van der Waals surface area (Å²) in [4.78, 5) is 39.4. The summed E-state index contributed by atoms with van der Waals surface area (Å²) in [5.41, 5.74) is 13.1. The molecule has 0 fully saturated rings. The minimum absolute atomic E-state index is 0. The Balaban J connectivity index is 0.00000340. The van der Waals surface area contributed by atoms with Crippen LogP contribution in [-0.2, 0) is 41.2 Å². The maximum atomic E-state index is 6.82. The number of ether oxygens (including phenoxy) is 1. The first-order valence-electron chi connectivity index (χ1n) is 26.3. The minimum Gasteiger partial charge on any atom is -0.515 e. The van der Waals surface area contributed by atoms with Crippen molar-refractivity contribution < 1.29 is 45.9 Å². The second kappa shape index (κ2) is 24.1. The summed E-state index contributed by atoms with van der Waals surface area (Å²) in [6.07, 6.45) is 8.96. The predicted octanol–water partition coefficient (Wildman–Crippen LogP) is 16.6. The smallest absolute Gasteiger partial charge is 0.515 e. The van der Waals surface area contributed by atoms with Crippen molar-refractivity contribution in [3.05, 3.63) is 280 Å². The first-order valence-corrected chi connectivity index (χ1v) is 26.3. The molecule has 14 rings (SSSR count). The Kier molecular flexibility index (Phi) is 15.6. The van der Waals surface area contributed by atoms with Gasteiger partial charge in [0.15, 0.2) is 17.5 Å². The Morgan fingerprint density at radius 3 is 1.35 bits per heavy atom. The van der Waals surface area contributed by atoms with Crippen LogP contribution in [0.1, 0.15) is 0 Å². The van der Waals surface area contributed by atoms with Crippen LogP contribution in [0, 0.1) is 30.3 Å². The molecule has 9 aromatic carbocycles. The van der Waals surface area contributed by atoms with E-state index in [0.717, 1.165) is 99.8 Å². The number of nitrogens with zero attached hydrogens (tertiary/aromatic N) is 8. The number of rotatable bonds is 12. The molecule has 0 N–H and O–H groups in total. The van der Waals surface area contributed by atoms with Gasteiger partial charge in [0.05, 0.1) is 0 Å². The van der Waals surface area contributed by atoms with Gasteiger partial charge in [-0.15, -0.1) is 89.0 Å². The molecule has 14 aromatic rings. The van der Waals surface area contributed by atoms with E-state index < -0.39 is 0 Å². The van der Waals surface area contributed by atoms with E-state index in [9.17, 15) is 0 Å². The molecule has 0 atom stereocenters. The zero-order valence-corrected chi connectivity index (χ0v) is 48.5. The van der Waals surface area contributed by atoms with Gasteiger partial charge < -0.3 is 29.7 Å². The quantitative estimate of drug-likeness (QED) is 0.110. The van der Waals surface area contributed by atoms with Crippen LogP contribution < -0.4 is 4.74 Å². The van der Waals surface area contributed by atoms with E-state index >= 15 is 0 Å². The molecule has 0 unspecified atom stereocenters. The van der Waals surface area contributed by atoms with Crippen molar-refractivity contribution in [3.8, 4) is 124 Å². The van der Waals surface area contributed by atoms with Crippen LogP contribution in [0.5, 0.6) is 11.5 Å². The average molecular weight is 1420 g/mol. The predicted molar refractivity (Wildman–Crippen MR) is 319 cm³/mol. The van der Waals surface area contributed by atoms with Gasteiger partial charge in [0.2, 0.25) is 0 Å². The molecular formula is C72H41IrN8OPt. The topological polar surface area (TPSA) is 112 Å². The second-order valence-electron chi connectivity index (χ2n) is 19.1. The van der Waals surface area contributed by atoms with Crippen LogP contribution in [0.3, 0.4) is 0 Å². The van der Waals surface area contributed by atoms with E-state index in [1.807, 2.05) is 140 Å². The van der Waals surface area contributed by atoms with Gasteiger partial charge >= 0.3 is 41.2 Å². The first kappa shape index (κ1) is 53.8. The SMILES string of the molecule is [Ir+3].[Pt+2].[c-]1cc(-c2ccccc2-c2nc(-c3ccccc3-c3c[c-]c(-c4cc5ccccc5cn4)cc3)nc(-c3ccccc3-c3c[c-]c(-c4cc5ccccc5cn4)cc3)n2)c(Oc2[c-]c(-c3ccccn3)ccc2)[c-]c1-c1ncccn1. The standard InChI is InChI=1S/C72H41N8O.Ir.Pt/c1-3-17-55-45-76-66(42-51(55)15-1)49-32-28-47(29-33-49)58-21-5-8-24-62(58)70-78-71(63-25-9-6-22-59(63)48-30-34-50(35-31-48)67-43-52-16-2-4-18-56(52)46-77-67)80-72(79-70)64-26-10-7-23-60(64)61-37-36-54(69-74-39-14-40-75-69)44-68(61)81-57-20-13-19-53(41-57)65-27-11-12-38-73-65;;/h1-32,34,37-40,42-43,45-46H;;/q-5;+3;+2. The van der Waals surface area contributed by atoms with Crippen LogP contribution in [0.2, 0.25) is 0 Å². The zero-order chi connectivity index (χ0) is 53.9. The molecule has 0 saturated carbocycles. The van der Waals surface area contributed by atoms with Crippen molar-refractivity contribution in [3.63, 3.8) is 0 Å². The van der Waals surface area contributed by atoms with Gasteiger partial charge in [-0.05, 0) is 73.5 Å². The van der Waals surface area contributed by atoms with Crippen LogP contribution in [0.4, 0.5) is 0 Å². The normalized spacial score (nSPS) is 10.9. The molecule has 9 nitrogen and oxygen atoms in total. The number of benzene rings is 9. The second-order valence-corrected chi connectivity index (χ2v) is 19.1. The molecule has 11 heteroatoms. The minimum atomic E-state index is 0. The van der Waals surface area contributed by atoms with Gasteiger partial charge in [-0.25, -0.2) is 32.6 Å². The third kappa shape index (κ3) is 11.2. The molecule has 5 aromatic heterocycles. The molecule has 0 aliphatic heterocycles. The van der Waals surface area contributed by atoms with Gasteiger partial charge in [-0.2, -0.15) is 0 Å². The fourth-order valence-corrected chi connectivity index (χ4v) is 10.0. The molecule has 0 amide bonds. The van der Waals surface area contributed by atoms with E-state index in [2.05, 4.69) is 130 Å². The van der Waals surface area contributed by atoms with Crippen molar-refractivity contribution >= 4 is 21.5 Å². The van der Waals surface area contributed by atoms with Crippen molar-refractivity contribution in [1.29, 1.82) is 0 Å². The first-order chi connectivity index (χ1) is 40.1. The monoisotopic (exact) mass is 1420 g/mol. The maximum Gasteiger partial charge on any atom is 3.00 e. The van der Waals surface area contributed by atoms with Crippen LogP contribution in [0.15, 0.2) is 249 Å². The molecule has 394 valence electrons. The number of hydrogen-bond donors (Lipinski definition) is 0. The van der Waals surface area contributed by atoms with Crippen LogP contribution >= 0.6 is 0 Å². The number of fused-ring (bicyclic) bond motifs is 2. The molecule has 0 spiro atoms. The Morgan fingerprint density at radius 1 is 0.325 bits per heavy atom. The summed E-state index contributed by atoms with van der Waals surface area (Å²) in [7, 11) is 0. The van der Waals surface area contributed by atoms with Crippen molar-refractivity contribution in [2.45, 2.75) is 0 Å². The summed E-state index contributed by atoms with van der Waals surface area (Å²) < 4.78 is 6.82. The summed E-state index contributed by atoms with van der Waals surface area (Å²) in [6.45, 7) is 0.